The predicted octanol–water partition coefficient (Wildman–Crippen LogP) is 0.173. The van der Waals surface area contributed by atoms with Crippen LogP contribution in [0.1, 0.15) is 32.6 Å². The van der Waals surface area contributed by atoms with Gasteiger partial charge in [0.05, 0.1) is 0 Å². The van der Waals surface area contributed by atoms with Gasteiger partial charge in [0.25, 0.3) is 0 Å². The quantitative estimate of drug-likeness (QED) is 0.302. The number of nitrogens with one attached hydrogen (secondary N) is 1. The summed E-state index contributed by atoms with van der Waals surface area (Å²) in [7, 11) is 2.18. The van der Waals surface area contributed by atoms with Crippen LogP contribution in [0.15, 0.2) is 0 Å². The topological polar surface area (TPSA) is 61.6 Å². The number of hydrazine groups is 1. The molecule has 1 heterocycles. The van der Waals surface area contributed by atoms with Gasteiger partial charge in [-0.15, -0.1) is 0 Å². The zero-order valence-corrected chi connectivity index (χ0v) is 11.1. The summed E-state index contributed by atoms with van der Waals surface area (Å²) in [5.74, 6) is 4.97. The van der Waals surface area contributed by atoms with Gasteiger partial charge >= 0.3 is 0 Å². The van der Waals surface area contributed by atoms with E-state index in [0.29, 0.717) is 12.5 Å². The smallest absolute Gasteiger partial charge is 0.233 e. The van der Waals surface area contributed by atoms with Crippen LogP contribution in [0.25, 0.3) is 0 Å². The summed E-state index contributed by atoms with van der Waals surface area (Å²) in [6.07, 6.45) is 3.76. The molecule has 1 aliphatic heterocycles. The number of hydrogen-bond donors (Lipinski definition) is 2. The Morgan fingerprint density at radius 1 is 1.35 bits per heavy atom. The first kappa shape index (κ1) is 14.4. The molecular weight excluding hydrogens is 216 g/mol. The summed E-state index contributed by atoms with van der Waals surface area (Å²) in [6, 6.07) is 0.654. The van der Waals surface area contributed by atoms with Crippen LogP contribution in [0.3, 0.4) is 0 Å². The Morgan fingerprint density at radius 3 is 2.76 bits per heavy atom. The third kappa shape index (κ3) is 5.48. The van der Waals surface area contributed by atoms with Gasteiger partial charge in [-0.2, -0.15) is 0 Å². The van der Waals surface area contributed by atoms with E-state index < -0.39 is 0 Å². The van der Waals surface area contributed by atoms with Crippen molar-refractivity contribution in [3.05, 3.63) is 0 Å². The van der Waals surface area contributed by atoms with Gasteiger partial charge in [-0.1, -0.05) is 6.42 Å². The fourth-order valence-corrected chi connectivity index (χ4v) is 2.36. The number of carbonyl (C=O) groups is 1. The minimum Gasteiger partial charge on any atom is -0.304 e. The normalized spacial score (nSPS) is 22.6. The first-order valence-corrected chi connectivity index (χ1v) is 6.55. The molecule has 1 saturated heterocycles. The largest absolute Gasteiger partial charge is 0.304 e. The van der Waals surface area contributed by atoms with Crippen LogP contribution in [-0.4, -0.2) is 55.0 Å². The Labute approximate surface area is 104 Å². The van der Waals surface area contributed by atoms with Gasteiger partial charge in [0.15, 0.2) is 0 Å². The SMILES string of the molecule is CC1CN(C)CCN1CCCCCC(=O)NN. The lowest BCUT2D eigenvalue weighted by molar-refractivity contribution is -0.121. The van der Waals surface area contributed by atoms with Crippen LogP contribution in [-0.2, 0) is 4.79 Å². The minimum atomic E-state index is -0.0574. The maximum atomic E-state index is 10.9. The van der Waals surface area contributed by atoms with Gasteiger partial charge in [-0.25, -0.2) is 5.84 Å². The summed E-state index contributed by atoms with van der Waals surface area (Å²) in [5, 5.41) is 0. The molecule has 0 aromatic rings. The van der Waals surface area contributed by atoms with E-state index in [1.807, 2.05) is 0 Å². The highest BCUT2D eigenvalue weighted by atomic mass is 16.2. The van der Waals surface area contributed by atoms with E-state index in [9.17, 15) is 4.79 Å². The molecule has 1 amide bonds. The second kappa shape index (κ2) is 7.63. The number of nitrogens with zero attached hydrogens (tertiary/aromatic N) is 2. The molecule has 0 aromatic carbocycles. The number of amides is 1. The summed E-state index contributed by atoms with van der Waals surface area (Å²) in [5.41, 5.74) is 2.16. The first-order valence-electron chi connectivity index (χ1n) is 6.55. The lowest BCUT2D eigenvalue weighted by Crippen LogP contribution is -2.50. The fraction of sp³-hybridized carbons (Fsp3) is 0.917. The third-order valence-electron chi connectivity index (χ3n) is 3.48. The zero-order chi connectivity index (χ0) is 12.7. The monoisotopic (exact) mass is 242 g/mol. The molecule has 17 heavy (non-hydrogen) atoms. The van der Waals surface area contributed by atoms with Crippen molar-refractivity contribution in [2.24, 2.45) is 5.84 Å². The molecule has 0 spiro atoms. The van der Waals surface area contributed by atoms with Crippen molar-refractivity contribution in [2.75, 3.05) is 33.2 Å². The number of nitrogens with two attached hydrogens (primary N) is 1. The van der Waals surface area contributed by atoms with Gasteiger partial charge in [0.2, 0.25) is 5.91 Å². The molecule has 1 aliphatic rings. The van der Waals surface area contributed by atoms with Crippen molar-refractivity contribution in [3.63, 3.8) is 0 Å². The molecule has 0 bridgehead atoms. The molecule has 0 saturated carbocycles. The molecule has 0 aromatic heterocycles. The number of unbranched alkanes of at least 4 members (excludes halogenated alkanes) is 2. The minimum absolute atomic E-state index is 0.0574. The van der Waals surface area contributed by atoms with E-state index in [0.717, 1.165) is 25.9 Å². The number of rotatable bonds is 6. The van der Waals surface area contributed by atoms with E-state index in [-0.39, 0.29) is 5.91 Å². The van der Waals surface area contributed by atoms with Crippen LogP contribution in [0.2, 0.25) is 0 Å². The first-order chi connectivity index (χ1) is 8.13. The highest BCUT2D eigenvalue weighted by Gasteiger charge is 2.20. The van der Waals surface area contributed by atoms with Gasteiger partial charge in [-0.05, 0) is 33.4 Å². The van der Waals surface area contributed by atoms with Crippen molar-refractivity contribution < 1.29 is 4.79 Å². The zero-order valence-electron chi connectivity index (χ0n) is 11.1. The molecule has 100 valence electrons. The molecular formula is C12H26N4O. The van der Waals surface area contributed by atoms with Crippen molar-refractivity contribution >= 4 is 5.91 Å². The Balaban J connectivity index is 2.04. The lowest BCUT2D eigenvalue weighted by atomic mass is 10.1. The van der Waals surface area contributed by atoms with Crippen molar-refractivity contribution in [1.29, 1.82) is 0 Å². The predicted molar refractivity (Wildman–Crippen MR) is 69.3 cm³/mol. The van der Waals surface area contributed by atoms with Crippen LogP contribution in [0, 0.1) is 0 Å². The Kier molecular flexibility index (Phi) is 6.47. The van der Waals surface area contributed by atoms with Crippen LogP contribution >= 0.6 is 0 Å². The summed E-state index contributed by atoms with van der Waals surface area (Å²) < 4.78 is 0. The molecule has 3 N–H and O–H groups in total. The molecule has 0 aliphatic carbocycles. The van der Waals surface area contributed by atoms with Crippen molar-refractivity contribution in [1.82, 2.24) is 15.2 Å². The van der Waals surface area contributed by atoms with E-state index in [1.165, 1.54) is 19.5 Å². The second-order valence-electron chi connectivity index (χ2n) is 5.03. The molecule has 1 rings (SSSR count). The van der Waals surface area contributed by atoms with E-state index in [2.05, 4.69) is 29.2 Å². The van der Waals surface area contributed by atoms with Crippen LogP contribution in [0.5, 0.6) is 0 Å². The number of hydrogen-bond acceptors (Lipinski definition) is 4. The number of likely N-dealkylation sites (N-methyl/N-ethyl adjacent to an activating group) is 1. The average molecular weight is 242 g/mol. The third-order valence-corrected chi connectivity index (χ3v) is 3.48. The summed E-state index contributed by atoms with van der Waals surface area (Å²) >= 11 is 0. The fourth-order valence-electron chi connectivity index (χ4n) is 2.36. The molecule has 1 atom stereocenters. The number of carbonyl (C=O) groups excluding carboxylic acids is 1. The van der Waals surface area contributed by atoms with Crippen LogP contribution in [0.4, 0.5) is 0 Å². The Bertz CT molecular complexity index is 235. The van der Waals surface area contributed by atoms with E-state index in [4.69, 9.17) is 5.84 Å². The maximum Gasteiger partial charge on any atom is 0.233 e. The summed E-state index contributed by atoms with van der Waals surface area (Å²) in [6.45, 7) is 6.94. The number of piperazine rings is 1. The van der Waals surface area contributed by atoms with Gasteiger partial charge in [0, 0.05) is 32.1 Å². The average Bonchev–Trinajstić information content (AvgIpc) is 2.30. The van der Waals surface area contributed by atoms with Crippen molar-refractivity contribution in [3.8, 4) is 0 Å². The molecule has 1 fully saturated rings. The highest BCUT2D eigenvalue weighted by molar-refractivity contribution is 5.74. The Hall–Kier alpha value is -0.650. The molecule has 0 radical (unpaired) electrons. The lowest BCUT2D eigenvalue weighted by Gasteiger charge is -2.38. The standard InChI is InChI=1S/C12H26N4O/c1-11-10-15(2)8-9-16(11)7-5-3-4-6-12(17)14-13/h11H,3-10,13H2,1-2H3,(H,14,17). The van der Waals surface area contributed by atoms with Gasteiger partial charge in [-0.3, -0.25) is 15.1 Å². The summed E-state index contributed by atoms with van der Waals surface area (Å²) in [4.78, 5) is 15.8. The Morgan fingerprint density at radius 2 is 2.12 bits per heavy atom. The van der Waals surface area contributed by atoms with E-state index in [1.54, 1.807) is 0 Å². The van der Waals surface area contributed by atoms with E-state index >= 15 is 0 Å². The molecule has 5 nitrogen and oxygen atoms in total. The van der Waals surface area contributed by atoms with Gasteiger partial charge in [0.1, 0.15) is 0 Å². The molecule has 5 heteroatoms. The van der Waals surface area contributed by atoms with Crippen LogP contribution < -0.4 is 11.3 Å². The maximum absolute atomic E-state index is 10.9. The van der Waals surface area contributed by atoms with Crippen molar-refractivity contribution in [2.45, 2.75) is 38.6 Å². The second-order valence-corrected chi connectivity index (χ2v) is 5.03. The highest BCUT2D eigenvalue weighted by Crippen LogP contribution is 2.10. The molecule has 1 unspecified atom stereocenters. The van der Waals surface area contributed by atoms with Gasteiger partial charge < -0.3 is 4.90 Å².